The first-order valence-electron chi connectivity index (χ1n) is 6.98. The second kappa shape index (κ2) is 7.22. The Morgan fingerprint density at radius 2 is 1.75 bits per heavy atom. The number of carbonyl (C=O) groups excluding carboxylic acids is 1. The van der Waals surface area contributed by atoms with Crippen LogP contribution >= 0.6 is 0 Å². The lowest BCUT2D eigenvalue weighted by molar-refractivity contribution is -0.116. The minimum absolute atomic E-state index is 0.0381. The van der Waals surface area contributed by atoms with Crippen LogP contribution in [0.5, 0.6) is 11.5 Å². The lowest BCUT2D eigenvalue weighted by Crippen LogP contribution is -2.38. The van der Waals surface area contributed by atoms with Crippen molar-refractivity contribution in [1.82, 2.24) is 0 Å². The topological polar surface area (TPSA) is 98.9 Å². The highest BCUT2D eigenvalue weighted by Crippen LogP contribution is 2.35. The maximum atomic E-state index is 13.0. The molecule has 24 heavy (non-hydrogen) atoms. The molecule has 128 valence electrons. The molecule has 8 heteroatoms. The first-order valence-corrected chi connectivity index (χ1v) is 8.42. The SMILES string of the molecule is COc1ccc(OC)c(N(CC(N)=O)S(=O)(=O)c2ccccc2)c1. The number of sulfonamides is 1. The van der Waals surface area contributed by atoms with E-state index in [1.54, 1.807) is 30.3 Å². The van der Waals surface area contributed by atoms with Crippen molar-refractivity contribution in [2.24, 2.45) is 5.73 Å². The van der Waals surface area contributed by atoms with Gasteiger partial charge in [0.1, 0.15) is 18.0 Å². The summed E-state index contributed by atoms with van der Waals surface area (Å²) in [6, 6.07) is 12.4. The van der Waals surface area contributed by atoms with E-state index in [9.17, 15) is 13.2 Å². The highest BCUT2D eigenvalue weighted by molar-refractivity contribution is 7.92. The molecule has 0 saturated carbocycles. The molecule has 0 aliphatic rings. The highest BCUT2D eigenvalue weighted by atomic mass is 32.2. The van der Waals surface area contributed by atoms with Crippen LogP contribution in [0.1, 0.15) is 0 Å². The van der Waals surface area contributed by atoms with Gasteiger partial charge < -0.3 is 15.2 Å². The molecule has 0 unspecified atom stereocenters. The van der Waals surface area contributed by atoms with Crippen LogP contribution in [-0.4, -0.2) is 35.1 Å². The Hall–Kier alpha value is -2.74. The molecule has 0 bridgehead atoms. The number of nitrogens with zero attached hydrogens (tertiary/aromatic N) is 1. The predicted molar refractivity (Wildman–Crippen MR) is 89.7 cm³/mol. The second-order valence-corrected chi connectivity index (χ2v) is 6.69. The zero-order valence-corrected chi connectivity index (χ0v) is 14.1. The van der Waals surface area contributed by atoms with Crippen LogP contribution < -0.4 is 19.5 Å². The van der Waals surface area contributed by atoms with Gasteiger partial charge >= 0.3 is 0 Å². The molecule has 2 rings (SSSR count). The van der Waals surface area contributed by atoms with Crippen molar-refractivity contribution in [2.75, 3.05) is 25.1 Å². The number of hydrogen-bond acceptors (Lipinski definition) is 5. The lowest BCUT2D eigenvalue weighted by Gasteiger charge is -2.25. The Bertz CT molecular complexity index is 822. The average molecular weight is 350 g/mol. The number of nitrogens with two attached hydrogens (primary N) is 1. The van der Waals surface area contributed by atoms with E-state index in [0.29, 0.717) is 5.75 Å². The van der Waals surface area contributed by atoms with Crippen LogP contribution in [-0.2, 0) is 14.8 Å². The van der Waals surface area contributed by atoms with Crippen molar-refractivity contribution in [3.63, 3.8) is 0 Å². The lowest BCUT2D eigenvalue weighted by atomic mass is 10.2. The first-order chi connectivity index (χ1) is 11.4. The fourth-order valence-electron chi connectivity index (χ4n) is 2.15. The van der Waals surface area contributed by atoms with E-state index in [0.717, 1.165) is 4.31 Å². The zero-order chi connectivity index (χ0) is 17.7. The van der Waals surface area contributed by atoms with Gasteiger partial charge in [0.15, 0.2) is 0 Å². The van der Waals surface area contributed by atoms with Crippen molar-refractivity contribution in [3.8, 4) is 11.5 Å². The molecule has 0 saturated heterocycles. The van der Waals surface area contributed by atoms with Crippen LogP contribution in [0.15, 0.2) is 53.4 Å². The minimum Gasteiger partial charge on any atom is -0.497 e. The maximum absolute atomic E-state index is 13.0. The summed E-state index contributed by atoms with van der Waals surface area (Å²) in [5.74, 6) is -0.0977. The van der Waals surface area contributed by atoms with Crippen LogP contribution in [0.4, 0.5) is 5.69 Å². The monoisotopic (exact) mass is 350 g/mol. The molecule has 2 aromatic rings. The normalized spacial score (nSPS) is 10.9. The van der Waals surface area contributed by atoms with Gasteiger partial charge in [-0.1, -0.05) is 18.2 Å². The van der Waals surface area contributed by atoms with Gasteiger partial charge in [0.2, 0.25) is 5.91 Å². The van der Waals surface area contributed by atoms with Crippen LogP contribution in [0.25, 0.3) is 0 Å². The first kappa shape index (κ1) is 17.6. The molecule has 0 aliphatic heterocycles. The number of amides is 1. The van der Waals surface area contributed by atoms with E-state index in [4.69, 9.17) is 15.2 Å². The van der Waals surface area contributed by atoms with Gasteiger partial charge in [-0.25, -0.2) is 8.42 Å². The van der Waals surface area contributed by atoms with Gasteiger partial charge in [-0.15, -0.1) is 0 Å². The summed E-state index contributed by atoms with van der Waals surface area (Å²) >= 11 is 0. The van der Waals surface area contributed by atoms with Gasteiger partial charge in [-0.2, -0.15) is 0 Å². The minimum atomic E-state index is -4.01. The fourth-order valence-corrected chi connectivity index (χ4v) is 3.61. The van der Waals surface area contributed by atoms with Crippen molar-refractivity contribution in [2.45, 2.75) is 4.90 Å². The quantitative estimate of drug-likeness (QED) is 0.813. The fraction of sp³-hybridized carbons (Fsp3) is 0.188. The molecule has 0 atom stereocenters. The third-order valence-electron chi connectivity index (χ3n) is 3.29. The summed E-state index contributed by atoms with van der Waals surface area (Å²) < 4.78 is 37.2. The van der Waals surface area contributed by atoms with E-state index < -0.39 is 22.5 Å². The van der Waals surface area contributed by atoms with Crippen molar-refractivity contribution >= 4 is 21.6 Å². The number of benzene rings is 2. The second-order valence-electron chi connectivity index (χ2n) is 4.83. The zero-order valence-electron chi connectivity index (χ0n) is 13.3. The molecular weight excluding hydrogens is 332 g/mol. The molecule has 0 fully saturated rings. The van der Waals surface area contributed by atoms with E-state index in [2.05, 4.69) is 0 Å². The third-order valence-corrected chi connectivity index (χ3v) is 5.06. The Morgan fingerprint density at radius 1 is 1.08 bits per heavy atom. The number of hydrogen-bond donors (Lipinski definition) is 1. The number of methoxy groups -OCH3 is 2. The van der Waals surface area contributed by atoms with E-state index in [1.807, 2.05) is 0 Å². The summed E-state index contributed by atoms with van der Waals surface area (Å²) in [5.41, 5.74) is 5.42. The maximum Gasteiger partial charge on any atom is 0.264 e. The smallest absolute Gasteiger partial charge is 0.264 e. The Morgan fingerprint density at radius 3 is 2.29 bits per heavy atom. The Kier molecular flexibility index (Phi) is 5.30. The van der Waals surface area contributed by atoms with Gasteiger partial charge in [0.05, 0.1) is 24.8 Å². The number of rotatable bonds is 7. The van der Waals surface area contributed by atoms with Crippen molar-refractivity contribution in [1.29, 1.82) is 0 Å². The molecule has 1 amide bonds. The van der Waals surface area contributed by atoms with E-state index in [-0.39, 0.29) is 16.3 Å². The number of primary amides is 1. The molecule has 0 aromatic heterocycles. The molecule has 7 nitrogen and oxygen atoms in total. The average Bonchev–Trinajstić information content (AvgIpc) is 2.59. The summed E-state index contributed by atoms with van der Waals surface area (Å²) in [6.45, 7) is -0.527. The van der Waals surface area contributed by atoms with Crippen LogP contribution in [0, 0.1) is 0 Å². The van der Waals surface area contributed by atoms with Crippen molar-refractivity contribution in [3.05, 3.63) is 48.5 Å². The molecule has 2 aromatic carbocycles. The highest BCUT2D eigenvalue weighted by Gasteiger charge is 2.29. The van der Waals surface area contributed by atoms with Gasteiger partial charge in [0, 0.05) is 6.07 Å². The van der Waals surface area contributed by atoms with Gasteiger partial charge in [-0.05, 0) is 24.3 Å². The van der Waals surface area contributed by atoms with Gasteiger partial charge in [-0.3, -0.25) is 9.10 Å². The van der Waals surface area contributed by atoms with E-state index >= 15 is 0 Å². The summed E-state index contributed by atoms with van der Waals surface area (Å²) in [4.78, 5) is 11.5. The Labute approximate surface area is 140 Å². The van der Waals surface area contributed by atoms with Crippen LogP contribution in [0.3, 0.4) is 0 Å². The summed E-state index contributed by atoms with van der Waals surface area (Å²) in [6.07, 6.45) is 0. The van der Waals surface area contributed by atoms with Crippen LogP contribution in [0.2, 0.25) is 0 Å². The molecule has 0 heterocycles. The predicted octanol–water partition coefficient (Wildman–Crippen LogP) is 1.38. The molecule has 0 radical (unpaired) electrons. The van der Waals surface area contributed by atoms with Crippen molar-refractivity contribution < 1.29 is 22.7 Å². The number of ether oxygens (including phenoxy) is 2. The largest absolute Gasteiger partial charge is 0.497 e. The summed E-state index contributed by atoms with van der Waals surface area (Å²) in [5, 5.41) is 0. The standard InChI is InChI=1S/C16H18N2O5S/c1-22-12-8-9-15(23-2)14(10-12)18(11-16(17)19)24(20,21)13-6-4-3-5-7-13/h3-10H,11H2,1-2H3,(H2,17,19). The third kappa shape index (κ3) is 3.60. The number of anilines is 1. The molecular formula is C16H18N2O5S. The summed E-state index contributed by atoms with van der Waals surface area (Å²) in [7, 11) is -1.15. The Balaban J connectivity index is 2.64. The molecule has 2 N–H and O–H groups in total. The van der Waals surface area contributed by atoms with Gasteiger partial charge in [0.25, 0.3) is 10.0 Å². The molecule has 0 aliphatic carbocycles. The number of carbonyl (C=O) groups is 1. The molecule has 0 spiro atoms. The van der Waals surface area contributed by atoms with E-state index in [1.165, 1.54) is 32.4 Å².